The fourth-order valence-electron chi connectivity index (χ4n) is 2.56. The predicted octanol–water partition coefficient (Wildman–Crippen LogP) is 2.83. The van der Waals surface area contributed by atoms with Gasteiger partial charge in [0.1, 0.15) is 0 Å². The number of nitrogens with one attached hydrogen (secondary N) is 1. The third kappa shape index (κ3) is 3.97. The normalized spacial score (nSPS) is 20.6. The van der Waals surface area contributed by atoms with Crippen LogP contribution in [0.3, 0.4) is 0 Å². The minimum atomic E-state index is 0.580. The zero-order chi connectivity index (χ0) is 10.4. The van der Waals surface area contributed by atoms with Crippen LogP contribution in [0, 0.1) is 11.8 Å². The summed E-state index contributed by atoms with van der Waals surface area (Å²) in [5, 5.41) is 0. The Balaban J connectivity index is 2.17. The highest BCUT2D eigenvalue weighted by Crippen LogP contribution is 2.29. The van der Waals surface area contributed by atoms with Gasteiger partial charge in [-0.2, -0.15) is 0 Å². The summed E-state index contributed by atoms with van der Waals surface area (Å²) in [6.45, 7) is 4.58. The number of hydrogen-bond donors (Lipinski definition) is 2. The van der Waals surface area contributed by atoms with Crippen LogP contribution in [0.5, 0.6) is 0 Å². The minimum absolute atomic E-state index is 0.580. The quantitative estimate of drug-likeness (QED) is 0.509. The molecule has 14 heavy (non-hydrogen) atoms. The molecular formula is C12H26N2. The maximum absolute atomic E-state index is 5.62. The Labute approximate surface area is 88.6 Å². The zero-order valence-electron chi connectivity index (χ0n) is 9.76. The highest BCUT2D eigenvalue weighted by molar-refractivity contribution is 4.79. The number of rotatable bonds is 6. The fraction of sp³-hybridized carbons (Fsp3) is 1.00. The summed E-state index contributed by atoms with van der Waals surface area (Å²) >= 11 is 0. The molecule has 1 fully saturated rings. The SMILES string of the molecule is CC(C)CCCC(NN)C1CCCC1. The maximum atomic E-state index is 5.62. The van der Waals surface area contributed by atoms with Gasteiger partial charge < -0.3 is 0 Å². The van der Waals surface area contributed by atoms with E-state index in [0.29, 0.717) is 6.04 Å². The van der Waals surface area contributed by atoms with Crippen LogP contribution in [0.1, 0.15) is 58.8 Å². The second-order valence-corrected chi connectivity index (χ2v) is 5.14. The minimum Gasteiger partial charge on any atom is -0.271 e. The first-order valence-electron chi connectivity index (χ1n) is 6.20. The molecule has 0 radical (unpaired) electrons. The van der Waals surface area contributed by atoms with Crippen LogP contribution in [-0.2, 0) is 0 Å². The molecule has 2 heteroatoms. The van der Waals surface area contributed by atoms with E-state index in [9.17, 15) is 0 Å². The lowest BCUT2D eigenvalue weighted by atomic mass is 9.93. The van der Waals surface area contributed by atoms with Gasteiger partial charge in [-0.15, -0.1) is 0 Å². The van der Waals surface area contributed by atoms with E-state index in [1.165, 1.54) is 44.9 Å². The molecule has 0 saturated heterocycles. The molecule has 1 aliphatic rings. The molecule has 0 aromatic rings. The van der Waals surface area contributed by atoms with Gasteiger partial charge in [0, 0.05) is 6.04 Å². The molecule has 1 aliphatic carbocycles. The summed E-state index contributed by atoms with van der Waals surface area (Å²) in [6, 6.07) is 0.580. The second kappa shape index (κ2) is 6.41. The van der Waals surface area contributed by atoms with Gasteiger partial charge in [0.25, 0.3) is 0 Å². The van der Waals surface area contributed by atoms with Gasteiger partial charge in [0.15, 0.2) is 0 Å². The van der Waals surface area contributed by atoms with Gasteiger partial charge in [0.2, 0.25) is 0 Å². The van der Waals surface area contributed by atoms with Crippen molar-refractivity contribution in [2.24, 2.45) is 17.7 Å². The molecule has 0 aromatic carbocycles. The molecule has 1 atom stereocenters. The van der Waals surface area contributed by atoms with E-state index in [0.717, 1.165) is 11.8 Å². The maximum Gasteiger partial charge on any atom is 0.0238 e. The molecule has 0 bridgehead atoms. The highest BCUT2D eigenvalue weighted by Gasteiger charge is 2.23. The third-order valence-electron chi connectivity index (χ3n) is 3.48. The summed E-state index contributed by atoms with van der Waals surface area (Å²) in [6.07, 6.45) is 9.51. The van der Waals surface area contributed by atoms with Gasteiger partial charge in [-0.3, -0.25) is 11.3 Å². The van der Waals surface area contributed by atoms with E-state index in [-0.39, 0.29) is 0 Å². The van der Waals surface area contributed by atoms with Gasteiger partial charge in [-0.25, -0.2) is 0 Å². The van der Waals surface area contributed by atoms with Gasteiger partial charge in [-0.1, -0.05) is 39.5 Å². The summed E-state index contributed by atoms with van der Waals surface area (Å²) in [5.74, 6) is 7.30. The lowest BCUT2D eigenvalue weighted by Gasteiger charge is -2.22. The lowest BCUT2D eigenvalue weighted by molar-refractivity contribution is 0.329. The van der Waals surface area contributed by atoms with E-state index in [4.69, 9.17) is 5.84 Å². The molecule has 3 N–H and O–H groups in total. The lowest BCUT2D eigenvalue weighted by Crippen LogP contribution is -2.40. The molecule has 1 unspecified atom stereocenters. The van der Waals surface area contributed by atoms with Crippen molar-refractivity contribution in [2.45, 2.75) is 64.8 Å². The van der Waals surface area contributed by atoms with Crippen molar-refractivity contribution in [3.8, 4) is 0 Å². The Hall–Kier alpha value is -0.0800. The van der Waals surface area contributed by atoms with Crippen LogP contribution in [-0.4, -0.2) is 6.04 Å². The Morgan fingerprint density at radius 2 is 1.86 bits per heavy atom. The average Bonchev–Trinajstić information content (AvgIpc) is 2.64. The van der Waals surface area contributed by atoms with Crippen LogP contribution >= 0.6 is 0 Å². The Kier molecular flexibility index (Phi) is 5.49. The molecule has 0 aliphatic heterocycles. The molecular weight excluding hydrogens is 172 g/mol. The molecule has 0 aromatic heterocycles. The summed E-state index contributed by atoms with van der Waals surface area (Å²) in [7, 11) is 0. The van der Waals surface area contributed by atoms with E-state index >= 15 is 0 Å². The molecule has 0 heterocycles. The molecule has 84 valence electrons. The summed E-state index contributed by atoms with van der Waals surface area (Å²) in [4.78, 5) is 0. The first kappa shape index (κ1) is 12.0. The molecule has 2 nitrogen and oxygen atoms in total. The van der Waals surface area contributed by atoms with Crippen molar-refractivity contribution in [2.75, 3.05) is 0 Å². The zero-order valence-corrected chi connectivity index (χ0v) is 9.76. The van der Waals surface area contributed by atoms with Crippen LogP contribution < -0.4 is 11.3 Å². The third-order valence-corrected chi connectivity index (χ3v) is 3.48. The van der Waals surface area contributed by atoms with Gasteiger partial charge >= 0.3 is 0 Å². The van der Waals surface area contributed by atoms with Crippen LogP contribution in [0.4, 0.5) is 0 Å². The standard InChI is InChI=1S/C12H26N2/c1-10(2)6-5-9-12(14-13)11-7-3-4-8-11/h10-12,14H,3-9,13H2,1-2H3. The summed E-state index contributed by atoms with van der Waals surface area (Å²) in [5.41, 5.74) is 3.02. The van der Waals surface area contributed by atoms with Crippen LogP contribution in [0.2, 0.25) is 0 Å². The number of hydrogen-bond acceptors (Lipinski definition) is 2. The smallest absolute Gasteiger partial charge is 0.0238 e. The van der Waals surface area contributed by atoms with Crippen molar-refractivity contribution >= 4 is 0 Å². The first-order valence-corrected chi connectivity index (χ1v) is 6.20. The monoisotopic (exact) mass is 198 g/mol. The average molecular weight is 198 g/mol. The number of hydrazine groups is 1. The Morgan fingerprint density at radius 3 is 2.36 bits per heavy atom. The van der Waals surface area contributed by atoms with Crippen molar-refractivity contribution < 1.29 is 0 Å². The Morgan fingerprint density at radius 1 is 1.21 bits per heavy atom. The molecule has 1 saturated carbocycles. The van der Waals surface area contributed by atoms with E-state index < -0.39 is 0 Å². The van der Waals surface area contributed by atoms with Crippen molar-refractivity contribution in [1.29, 1.82) is 0 Å². The first-order chi connectivity index (χ1) is 6.74. The molecule has 0 amide bonds. The Bertz CT molecular complexity index is 139. The van der Waals surface area contributed by atoms with E-state index in [2.05, 4.69) is 19.3 Å². The van der Waals surface area contributed by atoms with Gasteiger partial charge in [0.05, 0.1) is 0 Å². The van der Waals surface area contributed by atoms with Crippen molar-refractivity contribution in [3.63, 3.8) is 0 Å². The predicted molar refractivity (Wildman–Crippen MR) is 61.8 cm³/mol. The second-order valence-electron chi connectivity index (χ2n) is 5.14. The van der Waals surface area contributed by atoms with E-state index in [1.807, 2.05) is 0 Å². The summed E-state index contributed by atoms with van der Waals surface area (Å²) < 4.78 is 0. The molecule has 0 spiro atoms. The number of nitrogens with two attached hydrogens (primary N) is 1. The van der Waals surface area contributed by atoms with Crippen LogP contribution in [0.25, 0.3) is 0 Å². The highest BCUT2D eigenvalue weighted by atomic mass is 15.2. The van der Waals surface area contributed by atoms with Crippen molar-refractivity contribution in [3.05, 3.63) is 0 Å². The topological polar surface area (TPSA) is 38.0 Å². The largest absolute Gasteiger partial charge is 0.271 e. The van der Waals surface area contributed by atoms with Crippen molar-refractivity contribution in [1.82, 2.24) is 5.43 Å². The van der Waals surface area contributed by atoms with E-state index in [1.54, 1.807) is 0 Å². The fourth-order valence-corrected chi connectivity index (χ4v) is 2.56. The van der Waals surface area contributed by atoms with Gasteiger partial charge in [-0.05, 0) is 31.1 Å². The molecule has 1 rings (SSSR count). The van der Waals surface area contributed by atoms with Crippen LogP contribution in [0.15, 0.2) is 0 Å².